The van der Waals surface area contributed by atoms with Crippen LogP contribution in [-0.4, -0.2) is 13.1 Å². The quantitative estimate of drug-likeness (QED) is 0.283. The lowest BCUT2D eigenvalue weighted by Crippen LogP contribution is -2.12. The molecule has 0 amide bonds. The van der Waals surface area contributed by atoms with Gasteiger partial charge in [-0.1, -0.05) is 23.3 Å². The summed E-state index contributed by atoms with van der Waals surface area (Å²) in [6.45, 7) is 0. The Morgan fingerprint density at radius 1 is 1.60 bits per heavy atom. The minimum atomic E-state index is -0.909. The second-order valence-electron chi connectivity index (χ2n) is 2.65. The molecule has 0 radical (unpaired) electrons. The lowest BCUT2D eigenvalue weighted by Gasteiger charge is -2.10. The number of carbonyl (C=O) groups excluding carboxylic acids is 1. The van der Waals surface area contributed by atoms with Crippen molar-refractivity contribution in [3.8, 4) is 0 Å². The summed E-state index contributed by atoms with van der Waals surface area (Å²) in [6, 6.07) is 6.28. The molecule has 1 unspecified atom stereocenters. The Morgan fingerprint density at radius 2 is 2.27 bits per heavy atom. The number of methoxy groups -OCH3 is 1. The van der Waals surface area contributed by atoms with Crippen LogP contribution in [0.1, 0.15) is 11.6 Å². The molecule has 78 valence electrons. The number of ether oxygens (including phenoxy) is 1. The van der Waals surface area contributed by atoms with Crippen LogP contribution in [0.5, 0.6) is 0 Å². The number of nitrogens with zero attached hydrogens (tertiary/aromatic N) is 3. The molecule has 0 saturated carbocycles. The van der Waals surface area contributed by atoms with Crippen LogP contribution in [0.25, 0.3) is 10.4 Å². The first-order valence-corrected chi connectivity index (χ1v) is 5.15. The second-order valence-corrected chi connectivity index (χ2v) is 3.81. The molecule has 1 aromatic carbocycles. The van der Waals surface area contributed by atoms with Gasteiger partial charge in [0, 0.05) is 8.48 Å². The van der Waals surface area contributed by atoms with E-state index in [9.17, 15) is 4.79 Å². The van der Waals surface area contributed by atoms with Crippen molar-refractivity contribution in [2.24, 2.45) is 5.11 Å². The van der Waals surface area contributed by atoms with Gasteiger partial charge in [0.1, 0.15) is 0 Å². The largest absolute Gasteiger partial charge is 0.468 e. The van der Waals surface area contributed by atoms with Crippen LogP contribution in [0.3, 0.4) is 0 Å². The second kappa shape index (κ2) is 5.57. The summed E-state index contributed by atoms with van der Waals surface area (Å²) < 4.78 is 5.43. The highest BCUT2D eigenvalue weighted by molar-refractivity contribution is 14.1. The molecule has 0 aliphatic heterocycles. The highest BCUT2D eigenvalue weighted by Crippen LogP contribution is 2.24. The first-order chi connectivity index (χ1) is 7.20. The Bertz CT molecular complexity index is 416. The lowest BCUT2D eigenvalue weighted by molar-refractivity contribution is -0.142. The number of benzene rings is 1. The van der Waals surface area contributed by atoms with Crippen LogP contribution in [0.15, 0.2) is 29.4 Å². The molecule has 5 nitrogen and oxygen atoms in total. The molecule has 1 rings (SSSR count). The Morgan fingerprint density at radius 3 is 2.80 bits per heavy atom. The maximum absolute atomic E-state index is 11.4. The Hall–Kier alpha value is -1.27. The van der Waals surface area contributed by atoms with Crippen molar-refractivity contribution in [2.45, 2.75) is 6.04 Å². The summed E-state index contributed by atoms with van der Waals surface area (Å²) >= 11 is 2.07. The summed E-state index contributed by atoms with van der Waals surface area (Å²) in [7, 11) is 1.26. The van der Waals surface area contributed by atoms with Gasteiger partial charge in [-0.3, -0.25) is 4.79 Å². The molecule has 0 spiro atoms. The van der Waals surface area contributed by atoms with Crippen LogP contribution in [0.2, 0.25) is 0 Å². The van der Waals surface area contributed by atoms with Crippen molar-refractivity contribution in [1.29, 1.82) is 0 Å². The molecule has 0 fully saturated rings. The molecule has 1 aromatic rings. The number of hydrogen-bond donors (Lipinski definition) is 0. The van der Waals surface area contributed by atoms with E-state index >= 15 is 0 Å². The van der Waals surface area contributed by atoms with Gasteiger partial charge in [0.05, 0.1) is 7.11 Å². The number of carbonyl (C=O) groups is 1. The van der Waals surface area contributed by atoms with E-state index in [1.54, 1.807) is 12.1 Å². The Kier molecular flexibility index (Phi) is 4.38. The molecule has 0 aromatic heterocycles. The van der Waals surface area contributed by atoms with E-state index in [2.05, 4.69) is 37.4 Å². The first kappa shape index (κ1) is 11.8. The van der Waals surface area contributed by atoms with Crippen LogP contribution in [0, 0.1) is 3.57 Å². The Balaban J connectivity index is 3.15. The summed E-state index contributed by atoms with van der Waals surface area (Å²) in [4.78, 5) is 14.0. The smallest absolute Gasteiger partial charge is 0.319 e. The minimum Gasteiger partial charge on any atom is -0.468 e. The third kappa shape index (κ3) is 2.84. The molecular formula is C9H8IN3O2. The predicted molar refractivity (Wildman–Crippen MR) is 63.1 cm³/mol. The van der Waals surface area contributed by atoms with Gasteiger partial charge in [0.25, 0.3) is 0 Å². The Labute approximate surface area is 100 Å². The van der Waals surface area contributed by atoms with Crippen LogP contribution < -0.4 is 0 Å². The van der Waals surface area contributed by atoms with E-state index in [0.717, 1.165) is 3.57 Å². The topological polar surface area (TPSA) is 75.1 Å². The average molecular weight is 317 g/mol. The maximum atomic E-state index is 11.4. The number of azide groups is 1. The zero-order chi connectivity index (χ0) is 11.3. The number of halogens is 1. The maximum Gasteiger partial charge on any atom is 0.319 e. The van der Waals surface area contributed by atoms with Crippen molar-refractivity contribution in [3.63, 3.8) is 0 Å². The number of hydrogen-bond acceptors (Lipinski definition) is 3. The van der Waals surface area contributed by atoms with Crippen LogP contribution in [-0.2, 0) is 9.53 Å². The van der Waals surface area contributed by atoms with Crippen molar-refractivity contribution < 1.29 is 9.53 Å². The van der Waals surface area contributed by atoms with Gasteiger partial charge < -0.3 is 4.74 Å². The highest BCUT2D eigenvalue weighted by atomic mass is 127. The third-order valence-electron chi connectivity index (χ3n) is 1.79. The molecule has 0 heterocycles. The van der Waals surface area contributed by atoms with E-state index in [-0.39, 0.29) is 0 Å². The summed E-state index contributed by atoms with van der Waals surface area (Å²) in [5, 5.41) is 3.43. The molecule has 6 heteroatoms. The monoisotopic (exact) mass is 317 g/mol. The summed E-state index contributed by atoms with van der Waals surface area (Å²) in [5.74, 6) is -0.558. The van der Waals surface area contributed by atoms with E-state index in [4.69, 9.17) is 5.53 Å². The zero-order valence-electron chi connectivity index (χ0n) is 7.92. The third-order valence-corrected chi connectivity index (χ3v) is 2.77. The highest BCUT2D eigenvalue weighted by Gasteiger charge is 2.21. The standard InChI is InChI=1S/C9H8IN3O2/c1-15-9(14)8(12-13-11)6-4-2-3-5-7(6)10/h2-5,8H,1H3. The SMILES string of the molecule is COC(=O)C(N=[N+]=[N-])c1ccccc1I. The molecule has 0 bridgehead atoms. The fraction of sp³-hybridized carbons (Fsp3) is 0.222. The zero-order valence-corrected chi connectivity index (χ0v) is 10.1. The molecule has 0 saturated heterocycles. The average Bonchev–Trinajstić information content (AvgIpc) is 2.26. The lowest BCUT2D eigenvalue weighted by atomic mass is 10.1. The first-order valence-electron chi connectivity index (χ1n) is 4.07. The van der Waals surface area contributed by atoms with Crippen molar-refractivity contribution in [1.82, 2.24) is 0 Å². The molecule has 15 heavy (non-hydrogen) atoms. The van der Waals surface area contributed by atoms with Crippen molar-refractivity contribution in [2.75, 3.05) is 7.11 Å². The van der Waals surface area contributed by atoms with E-state index in [1.165, 1.54) is 7.11 Å². The van der Waals surface area contributed by atoms with Gasteiger partial charge in [0.15, 0.2) is 6.04 Å². The minimum absolute atomic E-state index is 0.558. The van der Waals surface area contributed by atoms with Crippen LogP contribution in [0.4, 0.5) is 0 Å². The van der Waals surface area contributed by atoms with Crippen molar-refractivity contribution >= 4 is 28.6 Å². The molecule has 0 aliphatic rings. The fourth-order valence-electron chi connectivity index (χ4n) is 1.10. The van der Waals surface area contributed by atoms with Gasteiger partial charge in [0.2, 0.25) is 0 Å². The van der Waals surface area contributed by atoms with Crippen LogP contribution >= 0.6 is 22.6 Å². The van der Waals surface area contributed by atoms with Gasteiger partial charge in [-0.15, -0.1) is 0 Å². The summed E-state index contributed by atoms with van der Waals surface area (Å²) in [6.07, 6.45) is 0. The number of rotatable bonds is 3. The predicted octanol–water partition coefficient (Wildman–Crippen LogP) is 2.82. The van der Waals surface area contributed by atoms with Gasteiger partial charge in [-0.25, -0.2) is 0 Å². The molecule has 1 atom stereocenters. The van der Waals surface area contributed by atoms with Gasteiger partial charge >= 0.3 is 5.97 Å². The van der Waals surface area contributed by atoms with Gasteiger partial charge in [-0.05, 0) is 39.8 Å². The molecule has 0 aliphatic carbocycles. The fourth-order valence-corrected chi connectivity index (χ4v) is 1.78. The molecular weight excluding hydrogens is 309 g/mol. The normalized spacial score (nSPS) is 11.3. The molecule has 0 N–H and O–H groups in total. The van der Waals surface area contributed by atoms with Gasteiger partial charge in [-0.2, -0.15) is 0 Å². The van der Waals surface area contributed by atoms with E-state index in [0.29, 0.717) is 5.56 Å². The summed E-state index contributed by atoms with van der Waals surface area (Å²) in [5.41, 5.74) is 9.04. The van der Waals surface area contributed by atoms with E-state index in [1.807, 2.05) is 12.1 Å². The van der Waals surface area contributed by atoms with E-state index < -0.39 is 12.0 Å². The van der Waals surface area contributed by atoms with Crippen molar-refractivity contribution in [3.05, 3.63) is 43.8 Å². The number of esters is 1.